The first-order chi connectivity index (χ1) is 32.0. The van der Waals surface area contributed by atoms with Crippen molar-refractivity contribution in [3.05, 3.63) is 17.5 Å². The molecule has 1 aromatic rings. The molecule has 8 aliphatic carbocycles. The van der Waals surface area contributed by atoms with Crippen LogP contribution in [0.4, 0.5) is 0 Å². The van der Waals surface area contributed by atoms with Crippen molar-refractivity contribution in [3.8, 4) is 0 Å². The van der Waals surface area contributed by atoms with Crippen LogP contribution in [0, 0.1) is 92.7 Å². The predicted molar refractivity (Wildman–Crippen MR) is 254 cm³/mol. The van der Waals surface area contributed by atoms with Crippen molar-refractivity contribution >= 4 is 0 Å². The van der Waals surface area contributed by atoms with Gasteiger partial charge < -0.3 is 34.5 Å². The Morgan fingerprint density at radius 2 is 1.34 bits per heavy atom. The van der Waals surface area contributed by atoms with Gasteiger partial charge in [-0.3, -0.25) is 0 Å². The van der Waals surface area contributed by atoms with Gasteiger partial charge in [0.25, 0.3) is 0 Å². The first-order valence-corrected chi connectivity index (χ1v) is 28.2. The molecule has 7 saturated carbocycles. The molecular weight excluding hydrogens is 839 g/mol. The molecule has 4 aliphatic heterocycles. The average Bonchev–Trinajstić information content (AvgIpc) is 4.09. The van der Waals surface area contributed by atoms with E-state index in [-0.39, 0.29) is 40.2 Å². The number of aliphatic hydroxyl groups is 2. The molecule has 11 heteroatoms. The lowest BCUT2D eigenvalue weighted by atomic mass is 9.42. The van der Waals surface area contributed by atoms with Crippen molar-refractivity contribution in [1.29, 1.82) is 0 Å². The fraction of sp³-hybridized carbons (Fsp3) is 0.946. The van der Waals surface area contributed by atoms with Crippen LogP contribution in [0.2, 0.25) is 0 Å². The number of hydrogen-bond donors (Lipinski definition) is 3. The summed E-state index contributed by atoms with van der Waals surface area (Å²) in [7, 11) is 0. The quantitative estimate of drug-likeness (QED) is 0.251. The van der Waals surface area contributed by atoms with E-state index in [1.807, 2.05) is 0 Å². The number of aromatic nitrogens is 4. The molecule has 11 nitrogen and oxygen atoms in total. The maximum absolute atomic E-state index is 12.8. The SMILES string of the molecule is C[C@@H]1CC[C@@]2(OC1)O[C@H]1C[C@H]3[C@@H]4CC=C5C[C@@H](n6nnnc6CN[C@H]6CC[C@]7(C)[C@H]8CC[C@]9(C)[C@@H]%10[C@H](C[C@H]9[C@@H]8C[C@@H](O)[C@@]7(O)C6)O[C@]6(CC[C@@H](C)CO6)[C@H]%10C)CC[C@]5(C)[C@H]4CC[C@]3(C)[C@H]1[C@@H]2C. The molecule has 0 aromatic carbocycles. The van der Waals surface area contributed by atoms with E-state index in [2.05, 4.69) is 87.0 Å². The molecule has 0 unspecified atom stereocenters. The van der Waals surface area contributed by atoms with Gasteiger partial charge in [-0.2, -0.15) is 0 Å². The smallest absolute Gasteiger partial charge is 0.171 e. The number of ether oxygens (including phenoxy) is 4. The third kappa shape index (κ3) is 6.15. The lowest BCUT2D eigenvalue weighted by Crippen LogP contribution is -2.69. The molecule has 4 saturated heterocycles. The largest absolute Gasteiger partial charge is 0.390 e. The van der Waals surface area contributed by atoms with E-state index in [9.17, 15) is 10.2 Å². The fourth-order valence-electron chi connectivity index (χ4n) is 21.2. The highest BCUT2D eigenvalue weighted by atomic mass is 16.7. The van der Waals surface area contributed by atoms with E-state index in [4.69, 9.17) is 18.9 Å². The van der Waals surface area contributed by atoms with E-state index in [1.54, 1.807) is 5.57 Å². The minimum absolute atomic E-state index is 0.0929. The number of rotatable bonds is 4. The molecule has 67 heavy (non-hydrogen) atoms. The normalized spacial score (nSPS) is 58.5. The van der Waals surface area contributed by atoms with Crippen LogP contribution < -0.4 is 5.32 Å². The lowest BCUT2D eigenvalue weighted by Gasteiger charge is -2.65. The Kier molecular flexibility index (Phi) is 10.4. The maximum Gasteiger partial charge on any atom is 0.171 e. The van der Waals surface area contributed by atoms with Crippen molar-refractivity contribution in [2.45, 2.75) is 225 Å². The van der Waals surface area contributed by atoms with Gasteiger partial charge in [-0.15, -0.1) is 5.10 Å². The molecule has 1 aromatic heterocycles. The Morgan fingerprint density at radius 1 is 0.716 bits per heavy atom. The zero-order valence-electron chi connectivity index (χ0n) is 42.6. The second-order valence-electron chi connectivity index (χ2n) is 27.5. The van der Waals surface area contributed by atoms with Crippen LogP contribution in [0.5, 0.6) is 0 Å². The number of tetrazole rings is 1. The summed E-state index contributed by atoms with van der Waals surface area (Å²) >= 11 is 0. The molecule has 12 aliphatic rings. The van der Waals surface area contributed by atoms with Crippen LogP contribution in [0.15, 0.2) is 11.6 Å². The summed E-state index contributed by atoms with van der Waals surface area (Å²) in [6.07, 6.45) is 21.9. The summed E-state index contributed by atoms with van der Waals surface area (Å²) < 4.78 is 29.4. The molecule has 0 bridgehead atoms. The van der Waals surface area contributed by atoms with Crippen molar-refractivity contribution < 1.29 is 29.2 Å². The van der Waals surface area contributed by atoms with Crippen molar-refractivity contribution in [1.82, 2.24) is 25.5 Å². The average molecular weight is 926 g/mol. The molecule has 3 N–H and O–H groups in total. The third-order valence-electron chi connectivity index (χ3n) is 24.9. The van der Waals surface area contributed by atoms with Crippen LogP contribution in [0.25, 0.3) is 0 Å². The van der Waals surface area contributed by atoms with Gasteiger partial charge in [-0.05, 0) is 189 Å². The molecule has 24 atom stereocenters. The van der Waals surface area contributed by atoms with E-state index < -0.39 is 17.5 Å². The van der Waals surface area contributed by atoms with E-state index in [0.717, 1.165) is 88.2 Å². The Bertz CT molecular complexity index is 2120. The number of hydrogen-bond acceptors (Lipinski definition) is 10. The second kappa shape index (κ2) is 15.3. The highest BCUT2D eigenvalue weighted by Gasteiger charge is 2.73. The second-order valence-corrected chi connectivity index (χ2v) is 27.5. The lowest BCUT2D eigenvalue weighted by molar-refractivity contribution is -0.277. The molecule has 372 valence electrons. The fourth-order valence-corrected chi connectivity index (χ4v) is 21.2. The van der Waals surface area contributed by atoms with E-state index >= 15 is 0 Å². The first-order valence-electron chi connectivity index (χ1n) is 28.2. The summed E-state index contributed by atoms with van der Waals surface area (Å²) in [5.74, 6) is 6.82. The van der Waals surface area contributed by atoms with Crippen LogP contribution in [-0.4, -0.2) is 85.2 Å². The molecule has 13 rings (SSSR count). The van der Waals surface area contributed by atoms with Gasteiger partial charge in [0.15, 0.2) is 17.4 Å². The number of nitrogens with one attached hydrogen (secondary N) is 1. The Morgan fingerprint density at radius 3 is 1.97 bits per heavy atom. The van der Waals surface area contributed by atoms with Gasteiger partial charge in [-0.1, -0.05) is 67.0 Å². The van der Waals surface area contributed by atoms with Crippen molar-refractivity contribution in [2.24, 2.45) is 92.7 Å². The van der Waals surface area contributed by atoms with E-state index in [1.165, 1.54) is 51.4 Å². The molecule has 5 heterocycles. The summed E-state index contributed by atoms with van der Waals surface area (Å²) in [6, 6.07) is 0.349. The molecule has 0 amide bonds. The zero-order valence-corrected chi connectivity index (χ0v) is 42.6. The van der Waals surface area contributed by atoms with Crippen molar-refractivity contribution in [3.63, 3.8) is 0 Å². The topological polar surface area (TPSA) is 133 Å². The van der Waals surface area contributed by atoms with Crippen LogP contribution in [0.1, 0.15) is 183 Å². The van der Waals surface area contributed by atoms with Gasteiger partial charge in [0.05, 0.1) is 49.7 Å². The maximum atomic E-state index is 12.8. The Balaban J connectivity index is 0.654. The number of aliphatic hydroxyl groups excluding tert-OH is 1. The van der Waals surface area contributed by atoms with Gasteiger partial charge >= 0.3 is 0 Å². The van der Waals surface area contributed by atoms with Crippen LogP contribution in [0.3, 0.4) is 0 Å². The Labute approximate surface area is 401 Å². The predicted octanol–water partition coefficient (Wildman–Crippen LogP) is 9.57. The monoisotopic (exact) mass is 926 g/mol. The van der Waals surface area contributed by atoms with Gasteiger partial charge in [0.2, 0.25) is 0 Å². The van der Waals surface area contributed by atoms with Gasteiger partial charge in [-0.25, -0.2) is 4.68 Å². The highest BCUT2D eigenvalue weighted by Crippen LogP contribution is 2.73. The summed E-state index contributed by atoms with van der Waals surface area (Å²) in [5.41, 5.74) is 0.942. The number of nitrogens with zero attached hydrogens (tertiary/aromatic N) is 4. The first kappa shape index (κ1) is 45.4. The van der Waals surface area contributed by atoms with Crippen LogP contribution in [-0.2, 0) is 25.5 Å². The molecule has 0 radical (unpaired) electrons. The number of fused-ring (bicyclic) bond motifs is 14. The zero-order chi connectivity index (χ0) is 46.3. The van der Waals surface area contributed by atoms with Crippen molar-refractivity contribution in [2.75, 3.05) is 13.2 Å². The number of allylic oxidation sites excluding steroid dienone is 2. The highest BCUT2D eigenvalue weighted by molar-refractivity contribution is 5.27. The third-order valence-corrected chi connectivity index (χ3v) is 24.9. The minimum Gasteiger partial charge on any atom is -0.390 e. The van der Waals surface area contributed by atoms with Gasteiger partial charge in [0.1, 0.15) is 0 Å². The standard InChI is InChI=1S/C56H87N5O6/c1-31-11-21-55(64-29-31)33(3)48-44(66-55)25-42-38-10-9-35-23-37(14-17-50(35,5)40(38)15-18-51(42,48)6)61-47(58-59-60-61)28-57-36-13-20-53(8)41-16-19-52(7)43(39(41)24-46(62)54(53,63)27-36)26-45-49(52)34(4)56(67-45)22-12-32(2)30-65-56/h9,31-34,36-46,48-49,57,62-63H,10-30H2,1-8H3/t31-,32-,33+,34+,36+,37+,38-,39-,40+,41+,42+,43+,44+,45+,46-,48+,49+,50+,51+,52+,53-,54+,55-,56-/m1/s1. The molecule has 11 fully saturated rings. The van der Waals surface area contributed by atoms with E-state index in [0.29, 0.717) is 84.2 Å². The van der Waals surface area contributed by atoms with Crippen LogP contribution >= 0.6 is 0 Å². The Hall–Kier alpha value is -1.47. The summed E-state index contributed by atoms with van der Waals surface area (Å²) in [4.78, 5) is 0. The van der Waals surface area contributed by atoms with Gasteiger partial charge in [0, 0.05) is 36.1 Å². The minimum atomic E-state index is -1.12. The molecule has 2 spiro atoms. The molecular formula is C56H87N5O6. The summed E-state index contributed by atoms with van der Waals surface area (Å²) in [6.45, 7) is 21.9. The summed E-state index contributed by atoms with van der Waals surface area (Å²) in [5, 5.41) is 42.5.